The molecule has 1 fully saturated rings. The minimum absolute atomic E-state index is 0.0107. The van der Waals surface area contributed by atoms with E-state index in [1.165, 1.54) is 12.1 Å². The van der Waals surface area contributed by atoms with Gasteiger partial charge in [0.15, 0.2) is 0 Å². The molecule has 130 valence electrons. The Morgan fingerprint density at radius 2 is 2.00 bits per heavy atom. The highest BCUT2D eigenvalue weighted by Crippen LogP contribution is 2.28. The average Bonchev–Trinajstić information content (AvgIpc) is 2.48. The van der Waals surface area contributed by atoms with Gasteiger partial charge in [-0.2, -0.15) is 21.6 Å². The van der Waals surface area contributed by atoms with E-state index in [1.54, 1.807) is 16.9 Å². The lowest BCUT2D eigenvalue weighted by Crippen LogP contribution is -2.35. The fraction of sp³-hybridized carbons (Fsp3) is 0.600. The van der Waals surface area contributed by atoms with Gasteiger partial charge in [0.2, 0.25) is 0 Å². The lowest BCUT2D eigenvalue weighted by Gasteiger charge is -2.32. The van der Waals surface area contributed by atoms with Gasteiger partial charge in [0.25, 0.3) is 0 Å². The van der Waals surface area contributed by atoms with Crippen molar-refractivity contribution in [2.45, 2.75) is 38.2 Å². The van der Waals surface area contributed by atoms with Crippen LogP contribution in [0.2, 0.25) is 0 Å². The molecule has 0 amide bonds. The van der Waals surface area contributed by atoms with Crippen molar-refractivity contribution in [1.82, 2.24) is 4.90 Å². The van der Waals surface area contributed by atoms with Crippen LogP contribution in [0, 0.1) is 5.92 Å². The summed E-state index contributed by atoms with van der Waals surface area (Å²) >= 11 is 0. The molecule has 2 rings (SSSR count). The molecular weight excluding hydrogens is 329 g/mol. The maximum absolute atomic E-state index is 12.5. The predicted molar refractivity (Wildman–Crippen MR) is 83.3 cm³/mol. The Hall–Kier alpha value is -1.28. The number of hydrogen-bond donors (Lipinski definition) is 1. The molecule has 1 aliphatic rings. The van der Waals surface area contributed by atoms with Gasteiger partial charge in [-0.15, -0.1) is 0 Å². The summed E-state index contributed by atoms with van der Waals surface area (Å²) in [5.74, 6) is 0.586. The summed E-state index contributed by atoms with van der Waals surface area (Å²) in [7, 11) is -5.40. The third kappa shape index (κ3) is 4.60. The fourth-order valence-electron chi connectivity index (χ4n) is 2.83. The van der Waals surface area contributed by atoms with Crippen LogP contribution >= 0.6 is 0 Å². The Morgan fingerprint density at radius 3 is 2.65 bits per heavy atom. The minimum atomic E-state index is -5.40. The molecule has 1 unspecified atom stereocenters. The van der Waals surface area contributed by atoms with E-state index in [0.29, 0.717) is 18.0 Å². The van der Waals surface area contributed by atoms with Gasteiger partial charge in [-0.05, 0) is 36.9 Å². The highest BCUT2D eigenvalue weighted by Gasteiger charge is 2.46. The summed E-state index contributed by atoms with van der Waals surface area (Å²) in [6.07, 6.45) is 3.28. The van der Waals surface area contributed by atoms with Crippen LogP contribution in [0.3, 0.4) is 0 Å². The summed E-state index contributed by atoms with van der Waals surface area (Å²) in [4.78, 5) is 2.17. The number of sulfonamides is 1. The van der Waals surface area contributed by atoms with E-state index in [1.807, 2.05) is 0 Å². The van der Waals surface area contributed by atoms with Crippen molar-refractivity contribution >= 4 is 15.7 Å². The van der Waals surface area contributed by atoms with Gasteiger partial charge < -0.3 is 0 Å². The molecule has 1 saturated heterocycles. The van der Waals surface area contributed by atoms with E-state index < -0.39 is 15.5 Å². The van der Waals surface area contributed by atoms with Gasteiger partial charge in [-0.25, -0.2) is 0 Å². The van der Waals surface area contributed by atoms with Crippen molar-refractivity contribution in [3.05, 3.63) is 29.8 Å². The molecule has 0 saturated carbocycles. The number of halogens is 3. The molecular formula is C15H21F3N2O2S. The number of para-hydroxylation sites is 1. The molecule has 0 bridgehead atoms. The van der Waals surface area contributed by atoms with Crippen LogP contribution in [0.5, 0.6) is 0 Å². The maximum atomic E-state index is 12.5. The maximum Gasteiger partial charge on any atom is 0.516 e. The van der Waals surface area contributed by atoms with Crippen LogP contribution in [0.1, 0.15) is 31.7 Å². The summed E-state index contributed by atoms with van der Waals surface area (Å²) in [5.41, 5.74) is -4.78. The predicted octanol–water partition coefficient (Wildman–Crippen LogP) is 3.57. The van der Waals surface area contributed by atoms with Crippen molar-refractivity contribution in [1.29, 1.82) is 0 Å². The molecule has 0 spiro atoms. The van der Waals surface area contributed by atoms with Gasteiger partial charge >= 0.3 is 15.5 Å². The molecule has 1 aliphatic heterocycles. The van der Waals surface area contributed by atoms with Crippen LogP contribution < -0.4 is 4.72 Å². The van der Waals surface area contributed by atoms with Crippen molar-refractivity contribution in [3.63, 3.8) is 0 Å². The topological polar surface area (TPSA) is 49.4 Å². The van der Waals surface area contributed by atoms with E-state index in [-0.39, 0.29) is 5.69 Å². The first-order chi connectivity index (χ1) is 10.7. The Kier molecular flexibility index (Phi) is 5.57. The Labute approximate surface area is 134 Å². The summed E-state index contributed by atoms with van der Waals surface area (Å²) in [6.45, 7) is 4.32. The number of benzene rings is 1. The first kappa shape index (κ1) is 18.1. The van der Waals surface area contributed by atoms with Crippen LogP contribution in [0.4, 0.5) is 18.9 Å². The Bertz CT molecular complexity index is 632. The van der Waals surface area contributed by atoms with E-state index in [2.05, 4.69) is 11.8 Å². The van der Waals surface area contributed by atoms with E-state index >= 15 is 0 Å². The van der Waals surface area contributed by atoms with E-state index in [0.717, 1.165) is 32.4 Å². The lowest BCUT2D eigenvalue weighted by molar-refractivity contribution is -0.0429. The third-order valence-corrected chi connectivity index (χ3v) is 5.24. The Morgan fingerprint density at radius 1 is 1.30 bits per heavy atom. The van der Waals surface area contributed by atoms with Gasteiger partial charge in [-0.1, -0.05) is 31.5 Å². The molecule has 1 aromatic carbocycles. The van der Waals surface area contributed by atoms with Crippen molar-refractivity contribution in [2.75, 3.05) is 17.8 Å². The van der Waals surface area contributed by atoms with Crippen LogP contribution in [-0.4, -0.2) is 31.9 Å². The second-order valence-corrected chi connectivity index (χ2v) is 7.53. The number of rotatable bonds is 5. The smallest absolute Gasteiger partial charge is 0.299 e. The van der Waals surface area contributed by atoms with E-state index in [9.17, 15) is 21.6 Å². The molecule has 0 aromatic heterocycles. The number of alkyl halides is 3. The first-order valence-electron chi connectivity index (χ1n) is 7.62. The number of piperidine rings is 1. The third-order valence-electron chi connectivity index (χ3n) is 4.14. The summed E-state index contributed by atoms with van der Waals surface area (Å²) < 4.78 is 61.9. The van der Waals surface area contributed by atoms with Crippen molar-refractivity contribution < 1.29 is 21.6 Å². The molecule has 4 nitrogen and oxygen atoms in total. The van der Waals surface area contributed by atoms with Crippen molar-refractivity contribution in [3.8, 4) is 0 Å². The minimum Gasteiger partial charge on any atom is -0.299 e. The molecule has 0 aliphatic carbocycles. The van der Waals surface area contributed by atoms with E-state index in [4.69, 9.17) is 0 Å². The fourth-order valence-corrected chi connectivity index (χ4v) is 3.43. The van der Waals surface area contributed by atoms with Gasteiger partial charge in [0, 0.05) is 13.1 Å². The Balaban J connectivity index is 2.15. The van der Waals surface area contributed by atoms with Gasteiger partial charge in [0.05, 0.1) is 5.69 Å². The van der Waals surface area contributed by atoms with Crippen LogP contribution in [0.25, 0.3) is 0 Å². The van der Waals surface area contributed by atoms with Gasteiger partial charge in [0.1, 0.15) is 0 Å². The number of anilines is 1. The second-order valence-electron chi connectivity index (χ2n) is 5.86. The molecule has 1 atom stereocenters. The monoisotopic (exact) mass is 350 g/mol. The number of nitrogens with zero attached hydrogens (tertiary/aromatic N) is 1. The van der Waals surface area contributed by atoms with Crippen LogP contribution in [-0.2, 0) is 16.6 Å². The average molecular weight is 350 g/mol. The highest BCUT2D eigenvalue weighted by atomic mass is 32.2. The normalized spacial score (nSPS) is 20.4. The highest BCUT2D eigenvalue weighted by molar-refractivity contribution is 7.93. The SMILES string of the molecule is CCC1CCCN(Cc2ccccc2NS(=O)(=O)C(F)(F)F)C1. The number of likely N-dealkylation sites (tertiary alicyclic amines) is 1. The second kappa shape index (κ2) is 7.09. The lowest BCUT2D eigenvalue weighted by atomic mass is 9.95. The quantitative estimate of drug-likeness (QED) is 0.883. The molecule has 1 heterocycles. The molecule has 1 N–H and O–H groups in total. The first-order valence-corrected chi connectivity index (χ1v) is 9.10. The molecule has 0 radical (unpaired) electrons. The zero-order chi connectivity index (χ0) is 17.1. The van der Waals surface area contributed by atoms with Crippen LogP contribution in [0.15, 0.2) is 24.3 Å². The summed E-state index contributed by atoms with van der Waals surface area (Å²) in [6, 6.07) is 6.23. The zero-order valence-corrected chi connectivity index (χ0v) is 13.8. The largest absolute Gasteiger partial charge is 0.516 e. The van der Waals surface area contributed by atoms with Crippen molar-refractivity contribution in [2.24, 2.45) is 5.92 Å². The molecule has 1 aromatic rings. The standard InChI is InChI=1S/C15H21F3N2O2S/c1-2-12-6-5-9-20(10-12)11-13-7-3-4-8-14(13)19-23(21,22)15(16,17)18/h3-4,7-8,12,19H,2,5-6,9-11H2,1H3. The van der Waals surface area contributed by atoms with Gasteiger partial charge in [-0.3, -0.25) is 9.62 Å². The molecule has 8 heteroatoms. The number of nitrogens with one attached hydrogen (secondary N) is 1. The summed E-state index contributed by atoms with van der Waals surface area (Å²) in [5, 5.41) is 0. The number of hydrogen-bond acceptors (Lipinski definition) is 3. The molecule has 23 heavy (non-hydrogen) atoms. The zero-order valence-electron chi connectivity index (χ0n) is 12.9.